The van der Waals surface area contributed by atoms with Crippen LogP contribution in [0.5, 0.6) is 0 Å². The number of hydrogen-bond acceptors (Lipinski definition) is 3. The number of hydrogen-bond donors (Lipinski definition) is 1. The normalized spacial score (nSPS) is 20.6. The van der Waals surface area contributed by atoms with Gasteiger partial charge >= 0.3 is 0 Å². The van der Waals surface area contributed by atoms with Gasteiger partial charge in [-0.3, -0.25) is 0 Å². The Bertz CT molecular complexity index is 165. The Kier molecular flexibility index (Phi) is 3.26. The van der Waals surface area contributed by atoms with Gasteiger partial charge in [0.05, 0.1) is 19.3 Å². The van der Waals surface area contributed by atoms with Crippen LogP contribution in [-0.4, -0.2) is 25.5 Å². The van der Waals surface area contributed by atoms with Crippen molar-refractivity contribution in [1.82, 2.24) is 0 Å². The smallest absolute Gasteiger partial charge is 0.137 e. The van der Waals surface area contributed by atoms with Crippen LogP contribution in [0.1, 0.15) is 12.8 Å². The fraction of sp³-hybridized carbons (Fsp3) is 0.625. The highest BCUT2D eigenvalue weighted by molar-refractivity contribution is 5.57. The van der Waals surface area contributed by atoms with Crippen molar-refractivity contribution in [3.8, 4) is 0 Å². The Hall–Kier alpha value is -0.670. The van der Waals surface area contributed by atoms with E-state index in [-0.39, 0.29) is 6.04 Å². The molecule has 2 N–H and O–H groups in total. The monoisotopic (exact) mass is 155 g/mol. The molecule has 3 heteroatoms. The van der Waals surface area contributed by atoms with E-state index in [1.165, 1.54) is 0 Å². The third-order valence-electron chi connectivity index (χ3n) is 1.66. The molecule has 0 aromatic heterocycles. The summed E-state index contributed by atoms with van der Waals surface area (Å²) in [5, 5.41) is 0. The molecule has 0 saturated heterocycles. The molecule has 0 aliphatic carbocycles. The summed E-state index contributed by atoms with van der Waals surface area (Å²) in [6, 6.07) is -0.358. The number of nitrogens with two attached hydrogens (primary N) is 1. The maximum atomic E-state index is 10.2. The van der Waals surface area contributed by atoms with Gasteiger partial charge in [-0.1, -0.05) is 6.08 Å². The van der Waals surface area contributed by atoms with Gasteiger partial charge in [0.1, 0.15) is 6.29 Å². The third kappa shape index (κ3) is 2.82. The van der Waals surface area contributed by atoms with Crippen LogP contribution in [-0.2, 0) is 9.53 Å². The van der Waals surface area contributed by atoms with E-state index >= 15 is 0 Å². The molecule has 0 radical (unpaired) electrons. The first-order valence-corrected chi connectivity index (χ1v) is 3.79. The molecule has 0 fully saturated rings. The van der Waals surface area contributed by atoms with Crippen LogP contribution in [0.15, 0.2) is 11.6 Å². The Morgan fingerprint density at radius 2 is 2.64 bits per heavy atom. The number of aldehydes is 1. The van der Waals surface area contributed by atoms with Crippen molar-refractivity contribution in [2.45, 2.75) is 18.9 Å². The standard InChI is InChI=1S/C8H13NO2/c9-8(5-10)4-7-2-1-3-11-6-7/h2,5,8H,1,3-4,6,9H2. The highest BCUT2D eigenvalue weighted by Gasteiger charge is 2.07. The Balaban J connectivity index is 2.34. The van der Waals surface area contributed by atoms with E-state index in [1.54, 1.807) is 0 Å². The lowest BCUT2D eigenvalue weighted by molar-refractivity contribution is -0.108. The molecule has 1 unspecified atom stereocenters. The number of rotatable bonds is 3. The van der Waals surface area contributed by atoms with E-state index < -0.39 is 0 Å². The molecular formula is C8H13NO2. The van der Waals surface area contributed by atoms with Crippen LogP contribution in [0.25, 0.3) is 0 Å². The van der Waals surface area contributed by atoms with Gasteiger partial charge in [0.25, 0.3) is 0 Å². The third-order valence-corrected chi connectivity index (χ3v) is 1.66. The van der Waals surface area contributed by atoms with E-state index in [0.717, 1.165) is 24.9 Å². The molecule has 1 heterocycles. The van der Waals surface area contributed by atoms with E-state index in [0.29, 0.717) is 13.0 Å². The molecule has 11 heavy (non-hydrogen) atoms. The van der Waals surface area contributed by atoms with Gasteiger partial charge in [0, 0.05) is 0 Å². The fourth-order valence-electron chi connectivity index (χ4n) is 1.10. The topological polar surface area (TPSA) is 52.3 Å². The van der Waals surface area contributed by atoms with Gasteiger partial charge in [-0.15, -0.1) is 0 Å². The predicted molar refractivity (Wildman–Crippen MR) is 42.2 cm³/mol. The van der Waals surface area contributed by atoms with Crippen LogP contribution >= 0.6 is 0 Å². The highest BCUT2D eigenvalue weighted by Crippen LogP contribution is 2.10. The van der Waals surface area contributed by atoms with E-state index in [4.69, 9.17) is 10.5 Å². The fourth-order valence-corrected chi connectivity index (χ4v) is 1.10. The van der Waals surface area contributed by atoms with Crippen LogP contribution in [0.2, 0.25) is 0 Å². The first-order valence-electron chi connectivity index (χ1n) is 3.79. The number of carbonyl (C=O) groups is 1. The molecule has 0 spiro atoms. The van der Waals surface area contributed by atoms with Crippen molar-refractivity contribution in [1.29, 1.82) is 0 Å². The summed E-state index contributed by atoms with van der Waals surface area (Å²) in [6.45, 7) is 1.43. The Labute approximate surface area is 66.2 Å². The summed E-state index contributed by atoms with van der Waals surface area (Å²) in [5.74, 6) is 0. The first kappa shape index (κ1) is 8.43. The zero-order valence-corrected chi connectivity index (χ0v) is 6.45. The lowest BCUT2D eigenvalue weighted by Crippen LogP contribution is -2.23. The van der Waals surface area contributed by atoms with Gasteiger partial charge in [0.2, 0.25) is 0 Å². The molecule has 0 saturated carbocycles. The molecule has 3 nitrogen and oxygen atoms in total. The summed E-state index contributed by atoms with van der Waals surface area (Å²) in [4.78, 5) is 10.2. The zero-order valence-electron chi connectivity index (χ0n) is 6.45. The SMILES string of the molecule is NC(C=O)CC1=CCCOC1. The second-order valence-corrected chi connectivity index (χ2v) is 2.71. The van der Waals surface area contributed by atoms with Crippen molar-refractivity contribution in [2.75, 3.05) is 13.2 Å². The summed E-state index contributed by atoms with van der Waals surface area (Å²) < 4.78 is 5.19. The van der Waals surface area contributed by atoms with Gasteiger partial charge in [-0.2, -0.15) is 0 Å². The quantitative estimate of drug-likeness (QED) is 0.469. The number of carbonyl (C=O) groups excluding carboxylic acids is 1. The van der Waals surface area contributed by atoms with Crippen molar-refractivity contribution in [2.24, 2.45) is 5.73 Å². The predicted octanol–water partition coefficient (Wildman–Crippen LogP) is 0.249. The Morgan fingerprint density at radius 1 is 1.82 bits per heavy atom. The number of ether oxygens (including phenoxy) is 1. The molecule has 62 valence electrons. The van der Waals surface area contributed by atoms with Crippen LogP contribution < -0.4 is 5.73 Å². The van der Waals surface area contributed by atoms with Crippen LogP contribution in [0, 0.1) is 0 Å². The molecule has 1 aliphatic heterocycles. The van der Waals surface area contributed by atoms with E-state index in [1.807, 2.05) is 0 Å². The average Bonchev–Trinajstić information content (AvgIpc) is 2.06. The lowest BCUT2D eigenvalue weighted by atomic mass is 10.1. The first-order chi connectivity index (χ1) is 5.33. The minimum absolute atomic E-state index is 0.358. The summed E-state index contributed by atoms with van der Waals surface area (Å²) >= 11 is 0. The van der Waals surface area contributed by atoms with Crippen LogP contribution in [0.3, 0.4) is 0 Å². The zero-order chi connectivity index (χ0) is 8.10. The average molecular weight is 155 g/mol. The largest absolute Gasteiger partial charge is 0.377 e. The van der Waals surface area contributed by atoms with Crippen LogP contribution in [0.4, 0.5) is 0 Å². The summed E-state index contributed by atoms with van der Waals surface area (Å²) in [6.07, 6.45) is 4.46. The van der Waals surface area contributed by atoms with Gasteiger partial charge in [0.15, 0.2) is 0 Å². The molecule has 1 aliphatic rings. The maximum absolute atomic E-state index is 10.2. The minimum atomic E-state index is -0.358. The highest BCUT2D eigenvalue weighted by atomic mass is 16.5. The van der Waals surface area contributed by atoms with Gasteiger partial charge in [-0.25, -0.2) is 0 Å². The molecule has 0 aromatic carbocycles. The van der Waals surface area contributed by atoms with Crippen molar-refractivity contribution in [3.63, 3.8) is 0 Å². The van der Waals surface area contributed by atoms with Crippen molar-refractivity contribution in [3.05, 3.63) is 11.6 Å². The second kappa shape index (κ2) is 4.26. The molecule has 1 atom stereocenters. The van der Waals surface area contributed by atoms with Gasteiger partial charge < -0.3 is 15.3 Å². The van der Waals surface area contributed by atoms with Crippen molar-refractivity contribution < 1.29 is 9.53 Å². The molecule has 0 bridgehead atoms. The second-order valence-electron chi connectivity index (χ2n) is 2.71. The summed E-state index contributed by atoms with van der Waals surface area (Å²) in [7, 11) is 0. The Morgan fingerprint density at radius 3 is 3.18 bits per heavy atom. The van der Waals surface area contributed by atoms with Gasteiger partial charge in [-0.05, 0) is 18.4 Å². The van der Waals surface area contributed by atoms with E-state index in [2.05, 4.69) is 6.08 Å². The molecule has 0 aromatic rings. The molecule has 0 amide bonds. The lowest BCUT2D eigenvalue weighted by Gasteiger charge is -2.14. The molecular weight excluding hydrogens is 142 g/mol. The summed E-state index contributed by atoms with van der Waals surface area (Å²) in [5.41, 5.74) is 6.59. The van der Waals surface area contributed by atoms with Crippen molar-refractivity contribution >= 4 is 6.29 Å². The molecule has 1 rings (SSSR count). The van der Waals surface area contributed by atoms with E-state index in [9.17, 15) is 4.79 Å². The minimum Gasteiger partial charge on any atom is -0.377 e. The maximum Gasteiger partial charge on any atom is 0.137 e.